The van der Waals surface area contributed by atoms with Gasteiger partial charge in [-0.3, -0.25) is 10.1 Å². The van der Waals surface area contributed by atoms with E-state index in [-0.39, 0.29) is 15.8 Å². The van der Waals surface area contributed by atoms with Gasteiger partial charge in [-0.25, -0.2) is 0 Å². The Balaban J connectivity index is 2.00. The van der Waals surface area contributed by atoms with Gasteiger partial charge in [0.2, 0.25) is 5.89 Å². The molecule has 1 aromatic heterocycles. The van der Waals surface area contributed by atoms with Gasteiger partial charge >= 0.3 is 0 Å². The minimum absolute atomic E-state index is 0.0825. The van der Waals surface area contributed by atoms with Crippen LogP contribution in [0.25, 0.3) is 6.08 Å². The molecule has 1 aromatic carbocycles. The van der Waals surface area contributed by atoms with Gasteiger partial charge in [-0.15, -0.1) is 10.2 Å². The van der Waals surface area contributed by atoms with E-state index in [2.05, 4.69) is 15.1 Å². The Kier molecular flexibility index (Phi) is 6.86. The van der Waals surface area contributed by atoms with Crippen molar-refractivity contribution in [2.75, 3.05) is 18.0 Å². The van der Waals surface area contributed by atoms with Crippen molar-refractivity contribution in [2.24, 2.45) is 0 Å². The highest BCUT2D eigenvalue weighted by atomic mass is 32.2. The van der Waals surface area contributed by atoms with E-state index in [0.717, 1.165) is 56.2 Å². The molecular formula is C19H21N4O5S-. The number of nitro benzene ring substituents is 1. The van der Waals surface area contributed by atoms with Crippen molar-refractivity contribution in [2.45, 2.75) is 44.3 Å². The molecule has 0 atom stereocenters. The molecule has 10 heteroatoms. The second-order valence-electron chi connectivity index (χ2n) is 6.61. The lowest BCUT2D eigenvalue weighted by Gasteiger charge is -2.25. The highest BCUT2D eigenvalue weighted by Crippen LogP contribution is 2.33. The van der Waals surface area contributed by atoms with Crippen LogP contribution in [0.5, 0.6) is 0 Å². The van der Waals surface area contributed by atoms with Crippen LogP contribution in [0, 0.1) is 10.1 Å². The predicted molar refractivity (Wildman–Crippen MR) is 106 cm³/mol. The first-order chi connectivity index (χ1) is 14.0. The van der Waals surface area contributed by atoms with E-state index in [1.807, 2.05) is 6.92 Å². The quantitative estimate of drug-likeness (QED) is 0.289. The SMILES string of the molecule is CCc1nnc(S/C(=C/c2cc([N+](=O)[O-])ccc2N2CCCCCC2)C(=O)[O-])o1. The highest BCUT2D eigenvalue weighted by Gasteiger charge is 2.18. The zero-order chi connectivity index (χ0) is 20.8. The van der Waals surface area contributed by atoms with Crippen LogP contribution in [-0.2, 0) is 11.2 Å². The molecule has 0 unspecified atom stereocenters. The van der Waals surface area contributed by atoms with Crippen LogP contribution in [0.15, 0.2) is 32.7 Å². The zero-order valence-corrected chi connectivity index (χ0v) is 16.8. The largest absolute Gasteiger partial charge is 0.544 e. The van der Waals surface area contributed by atoms with Crippen molar-refractivity contribution in [3.63, 3.8) is 0 Å². The second kappa shape index (κ2) is 9.55. The lowest BCUT2D eigenvalue weighted by atomic mass is 10.1. The van der Waals surface area contributed by atoms with Crippen LogP contribution in [0.3, 0.4) is 0 Å². The number of thioether (sulfide) groups is 1. The number of carbonyl (C=O) groups excluding carboxylic acids is 1. The highest BCUT2D eigenvalue weighted by molar-refractivity contribution is 8.03. The maximum Gasteiger partial charge on any atom is 0.281 e. The topological polar surface area (TPSA) is 125 Å². The number of carboxylic acids is 1. The van der Waals surface area contributed by atoms with E-state index in [1.165, 1.54) is 18.2 Å². The number of carbonyl (C=O) groups is 1. The van der Waals surface area contributed by atoms with Crippen molar-refractivity contribution < 1.29 is 19.2 Å². The van der Waals surface area contributed by atoms with Crippen LogP contribution in [-0.4, -0.2) is 34.2 Å². The summed E-state index contributed by atoms with van der Waals surface area (Å²) in [6.07, 6.45) is 6.20. The molecule has 0 amide bonds. The van der Waals surface area contributed by atoms with E-state index in [0.29, 0.717) is 17.9 Å². The van der Waals surface area contributed by atoms with E-state index in [1.54, 1.807) is 6.07 Å². The van der Waals surface area contributed by atoms with Gasteiger partial charge in [0.25, 0.3) is 10.9 Å². The fourth-order valence-corrected chi connectivity index (χ4v) is 3.84. The van der Waals surface area contributed by atoms with Crippen molar-refractivity contribution in [3.8, 4) is 0 Å². The van der Waals surface area contributed by atoms with Gasteiger partial charge in [-0.1, -0.05) is 19.8 Å². The Labute approximate surface area is 172 Å². The molecule has 1 fully saturated rings. The number of rotatable bonds is 7. The fraction of sp³-hybridized carbons (Fsp3) is 0.421. The molecule has 9 nitrogen and oxygen atoms in total. The number of non-ortho nitro benzene ring substituents is 1. The number of nitro groups is 1. The molecular weight excluding hydrogens is 396 g/mol. The predicted octanol–water partition coefficient (Wildman–Crippen LogP) is 2.80. The van der Waals surface area contributed by atoms with E-state index >= 15 is 0 Å². The summed E-state index contributed by atoms with van der Waals surface area (Å²) in [4.78, 5) is 24.4. The molecule has 3 rings (SSSR count). The first kappa shape index (κ1) is 20.8. The lowest BCUT2D eigenvalue weighted by molar-refractivity contribution is -0.384. The third-order valence-corrected chi connectivity index (χ3v) is 5.45. The molecule has 1 aliphatic heterocycles. The number of aliphatic carboxylic acids is 1. The van der Waals surface area contributed by atoms with Gasteiger partial charge in [0.15, 0.2) is 0 Å². The Morgan fingerprint density at radius 2 is 2.00 bits per heavy atom. The first-order valence-corrected chi connectivity index (χ1v) is 10.3. The molecule has 0 saturated carbocycles. The Bertz CT molecular complexity index is 919. The summed E-state index contributed by atoms with van der Waals surface area (Å²) in [6, 6.07) is 4.50. The smallest absolute Gasteiger partial charge is 0.281 e. The number of aryl methyl sites for hydroxylation is 1. The van der Waals surface area contributed by atoms with Gasteiger partial charge in [0, 0.05) is 47.8 Å². The van der Waals surface area contributed by atoms with Crippen molar-refractivity contribution in [3.05, 3.63) is 44.7 Å². The molecule has 0 N–H and O–H groups in total. The van der Waals surface area contributed by atoms with Crippen LogP contribution < -0.4 is 10.0 Å². The Morgan fingerprint density at radius 3 is 2.59 bits per heavy atom. The van der Waals surface area contributed by atoms with Crippen LogP contribution in [0.1, 0.15) is 44.1 Å². The summed E-state index contributed by atoms with van der Waals surface area (Å²) in [5.41, 5.74) is 1.10. The van der Waals surface area contributed by atoms with E-state index < -0.39 is 10.9 Å². The van der Waals surface area contributed by atoms with Gasteiger partial charge in [-0.05, 0) is 36.7 Å². The standard InChI is InChI=1S/C19H22N4O5S/c1-2-17-20-21-19(28-17)29-16(18(24)25)12-13-11-14(23(26)27)7-8-15(13)22-9-5-3-4-6-10-22/h7-8,11-12H,2-6,9-10H2,1H3,(H,24,25)/p-1/b16-12+. The number of nitrogens with zero attached hydrogens (tertiary/aromatic N) is 4. The van der Waals surface area contributed by atoms with Crippen LogP contribution >= 0.6 is 11.8 Å². The number of aromatic nitrogens is 2. The van der Waals surface area contributed by atoms with Crippen LogP contribution in [0.2, 0.25) is 0 Å². The van der Waals surface area contributed by atoms with Crippen molar-refractivity contribution >= 4 is 35.2 Å². The molecule has 0 radical (unpaired) electrons. The second-order valence-corrected chi connectivity index (χ2v) is 7.61. The zero-order valence-electron chi connectivity index (χ0n) is 16.0. The van der Waals surface area contributed by atoms with Gasteiger partial charge in [0.1, 0.15) is 0 Å². The third kappa shape index (κ3) is 5.35. The third-order valence-electron chi connectivity index (χ3n) is 4.60. The van der Waals surface area contributed by atoms with Gasteiger partial charge in [0.05, 0.1) is 10.9 Å². The van der Waals surface area contributed by atoms with Crippen molar-refractivity contribution in [1.82, 2.24) is 10.2 Å². The average Bonchev–Trinajstić information content (AvgIpc) is 2.99. The molecule has 0 aliphatic carbocycles. The first-order valence-electron chi connectivity index (χ1n) is 9.44. The number of carboxylic acid groups (broad SMARTS) is 1. The molecule has 1 aliphatic rings. The molecule has 0 bridgehead atoms. The molecule has 2 aromatic rings. The molecule has 1 saturated heterocycles. The number of benzene rings is 1. The van der Waals surface area contributed by atoms with E-state index in [9.17, 15) is 20.0 Å². The summed E-state index contributed by atoms with van der Waals surface area (Å²) in [6.45, 7) is 3.47. The monoisotopic (exact) mass is 417 g/mol. The van der Waals surface area contributed by atoms with Gasteiger partial charge in [-0.2, -0.15) is 0 Å². The number of anilines is 1. The normalized spacial score (nSPS) is 15.2. The molecule has 2 heterocycles. The Hall–Kier alpha value is -2.88. The summed E-state index contributed by atoms with van der Waals surface area (Å²) in [5.74, 6) is -1.02. The minimum atomic E-state index is -1.42. The molecule has 29 heavy (non-hydrogen) atoms. The average molecular weight is 417 g/mol. The summed E-state index contributed by atoms with van der Waals surface area (Å²) >= 11 is 0.772. The molecule has 154 valence electrons. The minimum Gasteiger partial charge on any atom is -0.544 e. The maximum absolute atomic E-state index is 11.7. The number of hydrogen-bond donors (Lipinski definition) is 0. The summed E-state index contributed by atoms with van der Waals surface area (Å²) < 4.78 is 5.37. The van der Waals surface area contributed by atoms with Gasteiger partial charge < -0.3 is 19.2 Å². The lowest BCUT2D eigenvalue weighted by Crippen LogP contribution is -2.25. The summed E-state index contributed by atoms with van der Waals surface area (Å²) in [7, 11) is 0. The van der Waals surface area contributed by atoms with Crippen molar-refractivity contribution in [1.29, 1.82) is 0 Å². The van der Waals surface area contributed by atoms with Crippen LogP contribution in [0.4, 0.5) is 11.4 Å². The maximum atomic E-state index is 11.7. The number of hydrogen-bond acceptors (Lipinski definition) is 9. The fourth-order valence-electron chi connectivity index (χ4n) is 3.16. The molecule has 0 spiro atoms. The Morgan fingerprint density at radius 1 is 1.28 bits per heavy atom. The van der Waals surface area contributed by atoms with E-state index in [4.69, 9.17) is 4.42 Å². The summed E-state index contributed by atoms with van der Waals surface area (Å²) in [5, 5.41) is 30.7.